The number of nitrogens with one attached hydrogen (secondary N) is 2. The van der Waals surface area contributed by atoms with E-state index in [2.05, 4.69) is 28.9 Å². The number of para-hydroxylation sites is 1. The van der Waals surface area contributed by atoms with Gasteiger partial charge < -0.3 is 14.7 Å². The van der Waals surface area contributed by atoms with E-state index in [9.17, 15) is 9.59 Å². The zero-order chi connectivity index (χ0) is 30.1. The van der Waals surface area contributed by atoms with Gasteiger partial charge in [-0.05, 0) is 67.0 Å². The molecular formula is C32H39N7O2S. The van der Waals surface area contributed by atoms with Gasteiger partial charge in [-0.1, -0.05) is 32.0 Å². The van der Waals surface area contributed by atoms with Crippen LogP contribution < -0.4 is 9.80 Å². The molecular weight excluding hydrogens is 546 g/mol. The summed E-state index contributed by atoms with van der Waals surface area (Å²) in [4.78, 5) is 37.0. The molecule has 10 heteroatoms. The van der Waals surface area contributed by atoms with E-state index >= 15 is 0 Å². The van der Waals surface area contributed by atoms with Gasteiger partial charge in [0.15, 0.2) is 12.1 Å². The number of thiophene rings is 1. The van der Waals surface area contributed by atoms with Crippen LogP contribution in [-0.2, 0) is 0 Å². The summed E-state index contributed by atoms with van der Waals surface area (Å²) in [6.45, 7) is 7.26. The summed E-state index contributed by atoms with van der Waals surface area (Å²) in [5, 5.41) is 13.2. The molecule has 2 N–H and O–H groups in total. The lowest BCUT2D eigenvalue weighted by Gasteiger charge is -2.36. The number of hydrogen-bond acceptors (Lipinski definition) is 7. The van der Waals surface area contributed by atoms with Crippen molar-refractivity contribution in [2.45, 2.75) is 39.5 Å². The Bertz CT molecular complexity index is 1430. The Balaban J connectivity index is 1.45. The number of amides is 1. The Morgan fingerprint density at radius 1 is 1.12 bits per heavy atom. The van der Waals surface area contributed by atoms with Gasteiger partial charge in [-0.15, -0.1) is 16.5 Å². The quantitative estimate of drug-likeness (QED) is 0.107. The fraction of sp³-hybridized carbons (Fsp3) is 0.375. The first kappa shape index (κ1) is 30.8. The van der Waals surface area contributed by atoms with Crippen LogP contribution in [0.1, 0.15) is 65.1 Å². The van der Waals surface area contributed by atoms with Crippen LogP contribution in [0.3, 0.4) is 0 Å². The highest BCUT2D eigenvalue weighted by Crippen LogP contribution is 2.29. The molecule has 42 heavy (non-hydrogen) atoms. The molecule has 0 unspecified atom stereocenters. The molecule has 1 aliphatic rings. The molecule has 0 atom stereocenters. The minimum absolute atomic E-state index is 0.0221. The smallest absolute Gasteiger partial charge is 0.268 e. The zero-order valence-electron chi connectivity index (χ0n) is 24.5. The van der Waals surface area contributed by atoms with E-state index in [0.717, 1.165) is 63.1 Å². The number of benzene rings is 2. The Hall–Kier alpha value is -4.18. The van der Waals surface area contributed by atoms with Gasteiger partial charge in [0.25, 0.3) is 5.91 Å². The molecule has 0 spiro atoms. The van der Waals surface area contributed by atoms with Crippen LogP contribution in [0.4, 0.5) is 17.1 Å². The summed E-state index contributed by atoms with van der Waals surface area (Å²) in [6, 6.07) is 16.9. The number of aldehydes is 1. The number of amidine groups is 2. The number of piperidine rings is 1. The summed E-state index contributed by atoms with van der Waals surface area (Å²) in [6.07, 6.45) is 4.34. The molecule has 0 saturated carbocycles. The zero-order valence-corrected chi connectivity index (χ0v) is 25.4. The number of carbonyl (C=O) groups is 2. The fourth-order valence-electron chi connectivity index (χ4n) is 5.44. The van der Waals surface area contributed by atoms with Gasteiger partial charge in [-0.3, -0.25) is 15.0 Å². The number of aliphatic imine (C=N–C) groups is 1. The van der Waals surface area contributed by atoms with Crippen LogP contribution in [0.5, 0.6) is 0 Å². The molecule has 9 nitrogen and oxygen atoms in total. The lowest BCUT2D eigenvalue weighted by atomic mass is 9.95. The molecule has 1 aromatic heterocycles. The van der Waals surface area contributed by atoms with E-state index in [1.54, 1.807) is 11.0 Å². The van der Waals surface area contributed by atoms with Crippen molar-refractivity contribution in [3.05, 3.63) is 76.0 Å². The average molecular weight is 586 g/mol. The molecule has 2 aromatic carbocycles. The summed E-state index contributed by atoms with van der Waals surface area (Å²) in [5.41, 5.74) is 10.7. The van der Waals surface area contributed by atoms with Gasteiger partial charge in [-0.25, -0.2) is 10.5 Å². The van der Waals surface area contributed by atoms with Crippen molar-refractivity contribution in [3.8, 4) is 0 Å². The molecule has 3 aromatic rings. The van der Waals surface area contributed by atoms with Gasteiger partial charge in [0, 0.05) is 62.1 Å². The van der Waals surface area contributed by atoms with Crippen molar-refractivity contribution in [3.63, 3.8) is 0 Å². The van der Waals surface area contributed by atoms with Crippen molar-refractivity contribution in [2.24, 2.45) is 16.0 Å². The molecule has 1 saturated heterocycles. The van der Waals surface area contributed by atoms with E-state index < -0.39 is 0 Å². The van der Waals surface area contributed by atoms with E-state index in [1.807, 2.05) is 60.8 Å². The molecule has 1 amide bonds. The van der Waals surface area contributed by atoms with E-state index in [0.29, 0.717) is 39.8 Å². The van der Waals surface area contributed by atoms with Crippen molar-refractivity contribution >= 4 is 52.3 Å². The molecule has 0 aliphatic carbocycles. The third kappa shape index (κ3) is 7.17. The SMILES string of the molecule is CCCN(C(=O)c1cccs1)c1ccc(N=C(CC)N(C)CC2CCN(c3ccccc3C(=N)N=N)CC2)c(C=O)c1. The second kappa shape index (κ2) is 14.6. The largest absolute Gasteiger partial charge is 0.371 e. The summed E-state index contributed by atoms with van der Waals surface area (Å²) in [7, 11) is 2.05. The van der Waals surface area contributed by atoms with Crippen molar-refractivity contribution in [2.75, 3.05) is 43.0 Å². The maximum Gasteiger partial charge on any atom is 0.268 e. The first-order valence-electron chi connectivity index (χ1n) is 14.4. The van der Waals surface area contributed by atoms with E-state index in [4.69, 9.17) is 15.9 Å². The van der Waals surface area contributed by atoms with Gasteiger partial charge >= 0.3 is 0 Å². The average Bonchev–Trinajstić information content (AvgIpc) is 3.57. The van der Waals surface area contributed by atoms with Crippen LogP contribution >= 0.6 is 11.3 Å². The van der Waals surface area contributed by atoms with Gasteiger partial charge in [-0.2, -0.15) is 0 Å². The molecule has 1 aliphatic heterocycles. The summed E-state index contributed by atoms with van der Waals surface area (Å²) >= 11 is 1.41. The second-order valence-corrected chi connectivity index (χ2v) is 11.4. The number of carbonyl (C=O) groups excluding carboxylic acids is 2. The minimum Gasteiger partial charge on any atom is -0.371 e. The van der Waals surface area contributed by atoms with E-state index in [-0.39, 0.29) is 11.7 Å². The maximum atomic E-state index is 13.1. The number of hydrogen-bond donors (Lipinski definition) is 2. The Labute approximate surface area is 251 Å². The monoisotopic (exact) mass is 585 g/mol. The topological polar surface area (TPSA) is 116 Å². The highest BCUT2D eigenvalue weighted by atomic mass is 32.1. The number of anilines is 2. The lowest BCUT2D eigenvalue weighted by Crippen LogP contribution is -2.39. The number of nitrogens with zero attached hydrogens (tertiary/aromatic N) is 5. The van der Waals surface area contributed by atoms with Gasteiger partial charge in [0.2, 0.25) is 0 Å². The minimum atomic E-state index is -0.0619. The molecule has 4 rings (SSSR count). The molecule has 1 fully saturated rings. The van der Waals surface area contributed by atoms with Crippen LogP contribution in [0.2, 0.25) is 0 Å². The predicted molar refractivity (Wildman–Crippen MR) is 171 cm³/mol. The lowest BCUT2D eigenvalue weighted by molar-refractivity contribution is 0.0990. The molecule has 0 bridgehead atoms. The van der Waals surface area contributed by atoms with Crippen molar-refractivity contribution in [1.82, 2.24) is 4.90 Å². The second-order valence-electron chi connectivity index (χ2n) is 10.5. The standard InChI is InChI=1S/C32H39N7O2S/c1-4-16-39(32(41)29-11-8-19-42-29)25-12-13-27(24(20-25)22-40)35-30(5-2)37(3)21-23-14-17-38(18-15-23)28-10-7-6-9-26(28)31(33)36-34/h6-13,19-20,22-23,33-34H,4-5,14-18,21H2,1-3H3. The normalized spacial score (nSPS) is 14.0. The van der Waals surface area contributed by atoms with Crippen molar-refractivity contribution < 1.29 is 9.59 Å². The van der Waals surface area contributed by atoms with Crippen LogP contribution in [-0.4, -0.2) is 62.0 Å². The van der Waals surface area contributed by atoms with Gasteiger partial charge in [0.1, 0.15) is 5.84 Å². The van der Waals surface area contributed by atoms with Crippen molar-refractivity contribution in [1.29, 1.82) is 10.9 Å². The summed E-state index contributed by atoms with van der Waals surface area (Å²) < 4.78 is 0. The Morgan fingerprint density at radius 2 is 1.88 bits per heavy atom. The highest BCUT2D eigenvalue weighted by Gasteiger charge is 2.24. The molecule has 0 radical (unpaired) electrons. The Kier molecular flexibility index (Phi) is 10.7. The number of rotatable bonds is 11. The first-order chi connectivity index (χ1) is 20.4. The van der Waals surface area contributed by atoms with Crippen LogP contribution in [0.25, 0.3) is 0 Å². The third-order valence-electron chi connectivity index (χ3n) is 7.64. The third-order valence-corrected chi connectivity index (χ3v) is 8.50. The first-order valence-corrected chi connectivity index (χ1v) is 15.3. The van der Waals surface area contributed by atoms with Crippen LogP contribution in [0, 0.1) is 16.9 Å². The van der Waals surface area contributed by atoms with Crippen LogP contribution in [0.15, 0.2) is 70.1 Å². The van der Waals surface area contributed by atoms with E-state index in [1.165, 1.54) is 11.3 Å². The van der Waals surface area contributed by atoms with Gasteiger partial charge in [0.05, 0.1) is 10.6 Å². The highest BCUT2D eigenvalue weighted by molar-refractivity contribution is 7.12. The Morgan fingerprint density at radius 3 is 2.52 bits per heavy atom. The summed E-state index contributed by atoms with van der Waals surface area (Å²) in [5.74, 6) is 1.30. The predicted octanol–water partition coefficient (Wildman–Crippen LogP) is 7.26. The molecule has 2 heterocycles. The fourth-order valence-corrected chi connectivity index (χ4v) is 6.12. The maximum absolute atomic E-state index is 13.1. The molecule has 220 valence electrons.